The molecule has 19 heavy (non-hydrogen) atoms. The number of ether oxygens (including phenoxy) is 1. The number of nitrogens with zero attached hydrogens (tertiary/aromatic N) is 1. The molecule has 1 amide bonds. The van der Waals surface area contributed by atoms with E-state index in [9.17, 15) is 9.59 Å². The van der Waals surface area contributed by atoms with Gasteiger partial charge >= 0.3 is 5.97 Å². The molecule has 4 nitrogen and oxygen atoms in total. The highest BCUT2D eigenvalue weighted by Gasteiger charge is 2.29. The van der Waals surface area contributed by atoms with Crippen LogP contribution in [-0.4, -0.2) is 37.0 Å². The molecule has 1 aromatic carbocycles. The summed E-state index contributed by atoms with van der Waals surface area (Å²) in [5.74, 6) is -0.402. The third kappa shape index (κ3) is 2.95. The van der Waals surface area contributed by atoms with Crippen LogP contribution in [-0.2, 0) is 9.53 Å². The molecule has 1 fully saturated rings. The topological polar surface area (TPSA) is 46.6 Å². The Morgan fingerprint density at radius 3 is 2.74 bits per heavy atom. The zero-order chi connectivity index (χ0) is 13.8. The lowest BCUT2D eigenvalue weighted by Crippen LogP contribution is -2.42. The molecule has 1 aromatic rings. The molecular formula is C15H19NO3. The van der Waals surface area contributed by atoms with Crippen molar-refractivity contribution in [1.29, 1.82) is 0 Å². The molecule has 1 saturated heterocycles. The number of carbonyl (C=O) groups is 2. The van der Waals surface area contributed by atoms with E-state index in [1.807, 2.05) is 31.2 Å². The Balaban J connectivity index is 2.11. The van der Waals surface area contributed by atoms with Crippen molar-refractivity contribution in [2.24, 2.45) is 5.92 Å². The number of hydrogen-bond acceptors (Lipinski definition) is 3. The van der Waals surface area contributed by atoms with Gasteiger partial charge in [-0.05, 0) is 31.4 Å². The number of esters is 1. The highest BCUT2D eigenvalue weighted by molar-refractivity contribution is 5.96. The van der Waals surface area contributed by atoms with Gasteiger partial charge in [0.15, 0.2) is 0 Å². The minimum absolute atomic E-state index is 0.00621. The van der Waals surface area contributed by atoms with Crippen molar-refractivity contribution in [1.82, 2.24) is 4.90 Å². The average molecular weight is 261 g/mol. The van der Waals surface area contributed by atoms with Gasteiger partial charge in [0.05, 0.1) is 13.0 Å². The standard InChI is InChI=1S/C15H19NO3/c1-11-6-3-4-8-13(11)14(17)16-9-5-7-12(10-16)15(18)19-2/h3-4,6,8,12H,5,7,9-10H2,1-2H3/t12-/m0/s1. The second-order valence-corrected chi connectivity index (χ2v) is 4.93. The first-order chi connectivity index (χ1) is 9.13. The first kappa shape index (κ1) is 13.6. The number of aryl methyl sites for hydroxylation is 1. The minimum atomic E-state index is -0.220. The van der Waals surface area contributed by atoms with Gasteiger partial charge < -0.3 is 9.64 Å². The minimum Gasteiger partial charge on any atom is -0.469 e. The fraction of sp³-hybridized carbons (Fsp3) is 0.467. The lowest BCUT2D eigenvalue weighted by atomic mass is 9.97. The van der Waals surface area contributed by atoms with Gasteiger partial charge in [-0.3, -0.25) is 9.59 Å². The zero-order valence-corrected chi connectivity index (χ0v) is 11.4. The van der Waals surface area contributed by atoms with Crippen molar-refractivity contribution in [3.63, 3.8) is 0 Å². The Hall–Kier alpha value is -1.84. The van der Waals surface area contributed by atoms with E-state index in [1.54, 1.807) is 4.90 Å². The number of likely N-dealkylation sites (tertiary alicyclic amines) is 1. The maximum Gasteiger partial charge on any atom is 0.310 e. The van der Waals surface area contributed by atoms with E-state index in [2.05, 4.69) is 0 Å². The van der Waals surface area contributed by atoms with E-state index >= 15 is 0 Å². The maximum atomic E-state index is 12.5. The molecule has 0 unspecified atom stereocenters. The number of amides is 1. The molecule has 0 saturated carbocycles. The molecule has 1 atom stereocenters. The summed E-state index contributed by atoms with van der Waals surface area (Å²) in [7, 11) is 1.39. The smallest absolute Gasteiger partial charge is 0.310 e. The van der Waals surface area contributed by atoms with Gasteiger partial charge in [0.2, 0.25) is 0 Å². The van der Waals surface area contributed by atoms with Gasteiger partial charge in [0, 0.05) is 18.7 Å². The summed E-state index contributed by atoms with van der Waals surface area (Å²) in [6, 6.07) is 7.54. The summed E-state index contributed by atoms with van der Waals surface area (Å²) < 4.78 is 4.77. The van der Waals surface area contributed by atoms with E-state index < -0.39 is 0 Å². The van der Waals surface area contributed by atoms with Crippen LogP contribution < -0.4 is 0 Å². The normalized spacial score (nSPS) is 19.1. The summed E-state index contributed by atoms with van der Waals surface area (Å²) in [6.45, 7) is 3.09. The fourth-order valence-electron chi connectivity index (χ4n) is 2.50. The number of hydrogen-bond donors (Lipinski definition) is 0. The van der Waals surface area contributed by atoms with Crippen LogP contribution in [0.25, 0.3) is 0 Å². The maximum absolute atomic E-state index is 12.5. The third-order valence-corrected chi connectivity index (χ3v) is 3.62. The van der Waals surface area contributed by atoms with Gasteiger partial charge in [0.25, 0.3) is 5.91 Å². The third-order valence-electron chi connectivity index (χ3n) is 3.62. The molecule has 0 spiro atoms. The van der Waals surface area contributed by atoms with Crippen LogP contribution in [0.3, 0.4) is 0 Å². The van der Waals surface area contributed by atoms with Crippen molar-refractivity contribution in [2.75, 3.05) is 20.2 Å². The van der Waals surface area contributed by atoms with Gasteiger partial charge in [-0.1, -0.05) is 18.2 Å². The molecular weight excluding hydrogens is 242 g/mol. The molecule has 1 heterocycles. The molecule has 1 aliphatic rings. The van der Waals surface area contributed by atoms with Crippen LogP contribution in [0.2, 0.25) is 0 Å². The van der Waals surface area contributed by atoms with Crippen LogP contribution >= 0.6 is 0 Å². The Bertz CT molecular complexity index is 484. The molecule has 2 rings (SSSR count). The molecule has 0 aromatic heterocycles. The Morgan fingerprint density at radius 1 is 1.32 bits per heavy atom. The van der Waals surface area contributed by atoms with Crippen LogP contribution in [0.4, 0.5) is 0 Å². The van der Waals surface area contributed by atoms with Crippen LogP contribution in [0.5, 0.6) is 0 Å². The lowest BCUT2D eigenvalue weighted by Gasteiger charge is -2.31. The summed E-state index contributed by atoms with van der Waals surface area (Å²) in [5.41, 5.74) is 1.68. The predicted molar refractivity (Wildman–Crippen MR) is 71.8 cm³/mol. The zero-order valence-electron chi connectivity index (χ0n) is 11.4. The quantitative estimate of drug-likeness (QED) is 0.765. The van der Waals surface area contributed by atoms with Crippen molar-refractivity contribution in [3.05, 3.63) is 35.4 Å². The highest BCUT2D eigenvalue weighted by atomic mass is 16.5. The van der Waals surface area contributed by atoms with Crippen LogP contribution in [0.15, 0.2) is 24.3 Å². The summed E-state index contributed by atoms with van der Waals surface area (Å²) >= 11 is 0. The van der Waals surface area contributed by atoms with E-state index in [0.717, 1.165) is 18.4 Å². The average Bonchev–Trinajstić information content (AvgIpc) is 2.46. The number of methoxy groups -OCH3 is 1. The first-order valence-corrected chi connectivity index (χ1v) is 6.56. The van der Waals surface area contributed by atoms with Gasteiger partial charge in [0.1, 0.15) is 0 Å². The van der Waals surface area contributed by atoms with Gasteiger partial charge in [-0.15, -0.1) is 0 Å². The van der Waals surface area contributed by atoms with E-state index in [1.165, 1.54) is 7.11 Å². The fourth-order valence-corrected chi connectivity index (χ4v) is 2.50. The SMILES string of the molecule is COC(=O)[C@H]1CCCN(C(=O)c2ccccc2C)C1. The van der Waals surface area contributed by atoms with E-state index in [0.29, 0.717) is 18.7 Å². The monoisotopic (exact) mass is 261 g/mol. The second-order valence-electron chi connectivity index (χ2n) is 4.93. The summed E-state index contributed by atoms with van der Waals surface area (Å²) in [4.78, 5) is 25.8. The summed E-state index contributed by atoms with van der Waals surface area (Å²) in [6.07, 6.45) is 1.64. The largest absolute Gasteiger partial charge is 0.469 e. The van der Waals surface area contributed by atoms with Gasteiger partial charge in [-0.2, -0.15) is 0 Å². The first-order valence-electron chi connectivity index (χ1n) is 6.56. The molecule has 0 radical (unpaired) electrons. The summed E-state index contributed by atoms with van der Waals surface area (Å²) in [5, 5.41) is 0. The molecule has 0 aliphatic carbocycles. The van der Waals surface area contributed by atoms with Crippen molar-refractivity contribution >= 4 is 11.9 Å². The van der Waals surface area contributed by atoms with Crippen molar-refractivity contribution < 1.29 is 14.3 Å². The molecule has 1 aliphatic heterocycles. The number of carbonyl (C=O) groups excluding carboxylic acids is 2. The molecule has 102 valence electrons. The lowest BCUT2D eigenvalue weighted by molar-refractivity contribution is -0.146. The Labute approximate surface area is 113 Å². The van der Waals surface area contributed by atoms with E-state index in [-0.39, 0.29) is 17.8 Å². The van der Waals surface area contributed by atoms with E-state index in [4.69, 9.17) is 4.74 Å². The van der Waals surface area contributed by atoms with Crippen LogP contribution in [0, 0.1) is 12.8 Å². The number of piperidine rings is 1. The predicted octanol–water partition coefficient (Wildman–Crippen LogP) is 2.02. The van der Waals surface area contributed by atoms with Crippen molar-refractivity contribution in [2.45, 2.75) is 19.8 Å². The molecule has 0 N–H and O–H groups in total. The highest BCUT2D eigenvalue weighted by Crippen LogP contribution is 2.20. The second kappa shape index (κ2) is 5.87. The number of benzene rings is 1. The Kier molecular flexibility index (Phi) is 4.20. The van der Waals surface area contributed by atoms with Crippen LogP contribution in [0.1, 0.15) is 28.8 Å². The molecule has 0 bridgehead atoms. The molecule has 4 heteroatoms. The number of rotatable bonds is 2. The van der Waals surface area contributed by atoms with Gasteiger partial charge in [-0.25, -0.2) is 0 Å². The van der Waals surface area contributed by atoms with Crippen molar-refractivity contribution in [3.8, 4) is 0 Å². The Morgan fingerprint density at radius 2 is 2.05 bits per heavy atom.